The Hall–Kier alpha value is -1.51. The first-order chi connectivity index (χ1) is 12.3. The topological polar surface area (TPSA) is 72.2 Å². The number of aromatic nitrogens is 1. The van der Waals surface area contributed by atoms with Gasteiger partial charge in [-0.25, -0.2) is 4.98 Å². The summed E-state index contributed by atoms with van der Waals surface area (Å²) in [6.07, 6.45) is -1.58. The Morgan fingerprint density at radius 2 is 1.69 bits per heavy atom. The molecule has 5 rings (SSSR count). The van der Waals surface area contributed by atoms with E-state index in [1.54, 1.807) is 0 Å². The maximum atomic E-state index is 6.30. The largest absolute Gasteiger partial charge is 0.438 e. The van der Waals surface area contributed by atoms with Gasteiger partial charge in [0.25, 0.3) is 0 Å². The number of fused-ring (bicyclic) bond motifs is 2. The summed E-state index contributed by atoms with van der Waals surface area (Å²) in [5.41, 5.74) is 1.52. The minimum absolute atomic E-state index is 0.232. The van der Waals surface area contributed by atoms with E-state index in [0.717, 1.165) is 11.1 Å². The zero-order valence-corrected chi connectivity index (χ0v) is 15.3. The molecule has 0 unspecified atom stereocenters. The van der Waals surface area contributed by atoms with Crippen LogP contribution in [0, 0.1) is 0 Å². The summed E-state index contributed by atoms with van der Waals surface area (Å²) < 4.78 is 36.2. The molecule has 0 bridgehead atoms. The number of nitrogens with zero attached hydrogens (tertiary/aromatic N) is 1. The molecule has 0 aliphatic carbocycles. The van der Waals surface area contributed by atoms with E-state index < -0.39 is 17.7 Å². The number of hydrogen-bond donors (Lipinski definition) is 0. The lowest BCUT2D eigenvalue weighted by Gasteiger charge is -2.26. The van der Waals surface area contributed by atoms with Gasteiger partial charge in [-0.2, -0.15) is 0 Å². The lowest BCUT2D eigenvalue weighted by Crippen LogP contribution is -2.40. The van der Waals surface area contributed by atoms with Gasteiger partial charge in [0.2, 0.25) is 5.89 Å². The highest BCUT2D eigenvalue weighted by Crippen LogP contribution is 2.47. The second-order valence-corrected chi connectivity index (χ2v) is 7.97. The van der Waals surface area contributed by atoms with Crippen molar-refractivity contribution in [1.82, 2.24) is 4.98 Å². The molecule has 26 heavy (non-hydrogen) atoms. The lowest BCUT2D eigenvalue weighted by atomic mass is 10.0. The predicted molar refractivity (Wildman–Crippen MR) is 90.4 cm³/mol. The number of benzene rings is 1. The molecule has 4 heterocycles. The maximum absolute atomic E-state index is 6.30. The first-order valence-corrected chi connectivity index (χ1v) is 9.00. The molecular formula is C19H23NO6. The van der Waals surface area contributed by atoms with E-state index >= 15 is 0 Å². The van der Waals surface area contributed by atoms with Gasteiger partial charge in [-0.3, -0.25) is 0 Å². The van der Waals surface area contributed by atoms with Gasteiger partial charge < -0.3 is 28.1 Å². The molecule has 1 aromatic carbocycles. The Balaban J connectivity index is 1.48. The number of oxazole rings is 1. The fourth-order valence-corrected chi connectivity index (χ4v) is 4.02. The van der Waals surface area contributed by atoms with Gasteiger partial charge in [-0.05, 0) is 39.8 Å². The highest BCUT2D eigenvalue weighted by Gasteiger charge is 2.60. The van der Waals surface area contributed by atoms with Gasteiger partial charge >= 0.3 is 0 Å². The molecule has 7 heteroatoms. The van der Waals surface area contributed by atoms with Crippen LogP contribution in [0.1, 0.15) is 39.7 Å². The Morgan fingerprint density at radius 1 is 0.923 bits per heavy atom. The normalized spacial score (nSPS) is 38.1. The Morgan fingerprint density at radius 3 is 2.42 bits per heavy atom. The molecule has 0 saturated carbocycles. The summed E-state index contributed by atoms with van der Waals surface area (Å²) in [7, 11) is 0. The monoisotopic (exact) mass is 361 g/mol. The number of para-hydroxylation sites is 2. The molecule has 0 radical (unpaired) electrons. The summed E-state index contributed by atoms with van der Waals surface area (Å²) in [6.45, 7) is 8.05. The fourth-order valence-electron chi connectivity index (χ4n) is 4.02. The molecule has 2 aromatic rings. The third kappa shape index (κ3) is 2.66. The van der Waals surface area contributed by atoms with Crippen molar-refractivity contribution < 1.29 is 28.1 Å². The minimum Gasteiger partial charge on any atom is -0.438 e. The molecule has 3 aliphatic rings. The first kappa shape index (κ1) is 16.6. The van der Waals surface area contributed by atoms with E-state index in [4.69, 9.17) is 28.1 Å². The van der Waals surface area contributed by atoms with Crippen molar-refractivity contribution in [1.29, 1.82) is 0 Å². The van der Waals surface area contributed by atoms with Crippen molar-refractivity contribution in [3.63, 3.8) is 0 Å². The lowest BCUT2D eigenvalue weighted by molar-refractivity contribution is -0.209. The van der Waals surface area contributed by atoms with Gasteiger partial charge in [0.1, 0.15) is 29.9 Å². The Kier molecular flexibility index (Phi) is 3.52. The minimum atomic E-state index is -0.698. The highest BCUT2D eigenvalue weighted by molar-refractivity contribution is 5.72. The second-order valence-electron chi connectivity index (χ2n) is 7.97. The quantitative estimate of drug-likeness (QED) is 0.814. The summed E-state index contributed by atoms with van der Waals surface area (Å²) >= 11 is 0. The second kappa shape index (κ2) is 5.50. The van der Waals surface area contributed by atoms with Crippen LogP contribution in [-0.2, 0) is 23.7 Å². The van der Waals surface area contributed by atoms with Crippen LogP contribution in [-0.4, -0.2) is 47.6 Å². The number of rotatable bonds is 2. The zero-order valence-electron chi connectivity index (χ0n) is 15.3. The molecule has 0 amide bonds. The standard InChI is InChI=1S/C19H23NO6/c1-18(2)21-9-12(24-18)13-14-15(26-19(3,4)25-14)16(23-13)17-20-10-7-5-6-8-11(10)22-17/h5-8,12-16H,9H2,1-4H3/t12-,13-,14+,15+,16+/m1/s1. The van der Waals surface area contributed by atoms with Crippen LogP contribution < -0.4 is 0 Å². The van der Waals surface area contributed by atoms with Crippen molar-refractivity contribution in [3.8, 4) is 0 Å². The number of ether oxygens (including phenoxy) is 5. The van der Waals surface area contributed by atoms with Gasteiger partial charge in [-0.15, -0.1) is 0 Å². The predicted octanol–water partition coefficient (Wildman–Crippen LogP) is 2.94. The maximum Gasteiger partial charge on any atom is 0.227 e. The SMILES string of the molecule is CC1(C)O[C@@H]2[C@H](O1)[C@@H](c1nc3ccccc3o1)O[C@@H]2[C@H]1COC(C)(C)O1. The molecule has 3 fully saturated rings. The van der Waals surface area contributed by atoms with Crippen molar-refractivity contribution in [2.45, 2.75) is 69.8 Å². The summed E-state index contributed by atoms with van der Waals surface area (Å²) in [6, 6.07) is 7.66. The molecule has 3 saturated heterocycles. The summed E-state index contributed by atoms with van der Waals surface area (Å²) in [5.74, 6) is -0.826. The molecule has 1 aromatic heterocycles. The third-order valence-electron chi connectivity index (χ3n) is 5.04. The molecule has 3 aliphatic heterocycles. The van der Waals surface area contributed by atoms with E-state index in [2.05, 4.69) is 4.98 Å². The fraction of sp³-hybridized carbons (Fsp3) is 0.632. The summed E-state index contributed by atoms with van der Waals surface area (Å²) in [5, 5.41) is 0. The molecular weight excluding hydrogens is 338 g/mol. The van der Waals surface area contributed by atoms with Crippen LogP contribution >= 0.6 is 0 Å². The van der Waals surface area contributed by atoms with Gasteiger partial charge in [0.15, 0.2) is 23.3 Å². The summed E-state index contributed by atoms with van der Waals surface area (Å²) in [4.78, 5) is 4.59. The number of hydrogen-bond acceptors (Lipinski definition) is 7. The van der Waals surface area contributed by atoms with Gasteiger partial charge in [-0.1, -0.05) is 12.1 Å². The van der Waals surface area contributed by atoms with E-state index in [1.807, 2.05) is 52.0 Å². The molecule has 0 N–H and O–H groups in total. The zero-order chi connectivity index (χ0) is 18.1. The van der Waals surface area contributed by atoms with Crippen molar-refractivity contribution in [2.75, 3.05) is 6.61 Å². The van der Waals surface area contributed by atoms with Gasteiger partial charge in [0, 0.05) is 0 Å². The van der Waals surface area contributed by atoms with Crippen molar-refractivity contribution in [3.05, 3.63) is 30.2 Å². The molecule has 140 valence electrons. The Bertz CT molecular complexity index is 797. The van der Waals surface area contributed by atoms with Crippen LogP contribution in [0.4, 0.5) is 0 Å². The van der Waals surface area contributed by atoms with Crippen LogP contribution in [0.2, 0.25) is 0 Å². The first-order valence-electron chi connectivity index (χ1n) is 9.00. The van der Waals surface area contributed by atoms with Crippen LogP contribution in [0.5, 0.6) is 0 Å². The molecule has 0 spiro atoms. The Labute approximate surface area is 151 Å². The van der Waals surface area contributed by atoms with Crippen molar-refractivity contribution in [2.24, 2.45) is 0 Å². The van der Waals surface area contributed by atoms with E-state index in [0.29, 0.717) is 12.5 Å². The van der Waals surface area contributed by atoms with Crippen molar-refractivity contribution >= 4 is 11.1 Å². The average Bonchev–Trinajstić information content (AvgIpc) is 3.27. The smallest absolute Gasteiger partial charge is 0.227 e. The van der Waals surface area contributed by atoms with Gasteiger partial charge in [0.05, 0.1) is 6.61 Å². The molecule has 7 nitrogen and oxygen atoms in total. The average molecular weight is 361 g/mol. The third-order valence-corrected chi connectivity index (χ3v) is 5.04. The van der Waals surface area contributed by atoms with Crippen LogP contribution in [0.25, 0.3) is 11.1 Å². The molecule has 5 atom stereocenters. The van der Waals surface area contributed by atoms with Crippen LogP contribution in [0.15, 0.2) is 28.7 Å². The van der Waals surface area contributed by atoms with E-state index in [9.17, 15) is 0 Å². The van der Waals surface area contributed by atoms with Crippen LogP contribution in [0.3, 0.4) is 0 Å². The van der Waals surface area contributed by atoms with E-state index in [-0.39, 0.29) is 24.4 Å². The van der Waals surface area contributed by atoms with E-state index in [1.165, 1.54) is 0 Å². The highest BCUT2D eigenvalue weighted by atomic mass is 16.8.